The molecule has 0 aliphatic heterocycles. The molecule has 0 aliphatic carbocycles. The quantitative estimate of drug-likeness (QED) is 0.842. The summed E-state index contributed by atoms with van der Waals surface area (Å²) in [6, 6.07) is 4.46. The molecule has 4 heteroatoms. The van der Waals surface area contributed by atoms with Crippen molar-refractivity contribution < 1.29 is 13.2 Å². The lowest BCUT2D eigenvalue weighted by atomic mass is 9.96. The summed E-state index contributed by atoms with van der Waals surface area (Å²) in [7, 11) is 0. The molecule has 2 atom stereocenters. The van der Waals surface area contributed by atoms with Gasteiger partial charge in [0.15, 0.2) is 0 Å². The summed E-state index contributed by atoms with van der Waals surface area (Å²) in [6.07, 6.45) is -3.41. The zero-order valence-corrected chi connectivity index (χ0v) is 9.38. The van der Waals surface area contributed by atoms with E-state index in [0.717, 1.165) is 12.0 Å². The van der Waals surface area contributed by atoms with Gasteiger partial charge in [0, 0.05) is 0 Å². The van der Waals surface area contributed by atoms with E-state index in [2.05, 4.69) is 0 Å². The highest BCUT2D eigenvalue weighted by Crippen LogP contribution is 2.31. The Bertz CT molecular complexity index is 329. The summed E-state index contributed by atoms with van der Waals surface area (Å²) < 4.78 is 37.0. The minimum Gasteiger partial charge on any atom is -0.316 e. The van der Waals surface area contributed by atoms with Crippen molar-refractivity contribution in [3.8, 4) is 0 Å². The normalized spacial score (nSPS) is 15.9. The molecule has 2 N–H and O–H groups in total. The van der Waals surface area contributed by atoms with E-state index in [4.69, 9.17) is 5.73 Å². The Hall–Kier alpha value is -1.03. The number of alkyl halides is 3. The van der Waals surface area contributed by atoms with Crippen LogP contribution < -0.4 is 5.73 Å². The highest BCUT2D eigenvalue weighted by molar-refractivity contribution is 5.27. The van der Waals surface area contributed by atoms with Crippen LogP contribution in [0, 0.1) is 0 Å². The third-order valence-corrected chi connectivity index (χ3v) is 2.83. The Balaban J connectivity index is 2.87. The van der Waals surface area contributed by atoms with Crippen molar-refractivity contribution in [2.24, 2.45) is 5.73 Å². The second kappa shape index (κ2) is 4.87. The average Bonchev–Trinajstić information content (AvgIpc) is 2.26. The Labute approximate surface area is 93.5 Å². The highest BCUT2D eigenvalue weighted by Gasteiger charge is 2.37. The monoisotopic (exact) mass is 231 g/mol. The van der Waals surface area contributed by atoms with Gasteiger partial charge in [-0.15, -0.1) is 0 Å². The largest absolute Gasteiger partial charge is 0.407 e. The van der Waals surface area contributed by atoms with Crippen LogP contribution in [0.5, 0.6) is 0 Å². The minimum absolute atomic E-state index is 0.111. The average molecular weight is 231 g/mol. The fraction of sp³-hybridized carbons (Fsp3) is 0.500. The van der Waals surface area contributed by atoms with Crippen LogP contribution in [0.3, 0.4) is 0 Å². The van der Waals surface area contributed by atoms with E-state index in [1.54, 1.807) is 12.1 Å². The van der Waals surface area contributed by atoms with Crippen molar-refractivity contribution in [1.82, 2.24) is 0 Å². The first-order valence-electron chi connectivity index (χ1n) is 5.28. The van der Waals surface area contributed by atoms with Gasteiger partial charge in [0.05, 0.1) is 0 Å². The third-order valence-electron chi connectivity index (χ3n) is 2.83. The molecule has 90 valence electrons. The van der Waals surface area contributed by atoms with Crippen molar-refractivity contribution in [2.75, 3.05) is 0 Å². The molecule has 16 heavy (non-hydrogen) atoms. The van der Waals surface area contributed by atoms with E-state index >= 15 is 0 Å². The van der Waals surface area contributed by atoms with Crippen LogP contribution in [-0.2, 0) is 0 Å². The van der Waals surface area contributed by atoms with Gasteiger partial charge >= 0.3 is 6.18 Å². The lowest BCUT2D eigenvalue weighted by Gasteiger charge is -2.17. The number of benzene rings is 1. The van der Waals surface area contributed by atoms with Crippen LogP contribution in [0.25, 0.3) is 0 Å². The second-order valence-electron chi connectivity index (χ2n) is 4.00. The van der Waals surface area contributed by atoms with Gasteiger partial charge in [0.1, 0.15) is 6.04 Å². The molecule has 1 aromatic rings. The van der Waals surface area contributed by atoms with Crippen molar-refractivity contribution in [3.05, 3.63) is 35.4 Å². The first kappa shape index (κ1) is 13.0. The fourth-order valence-electron chi connectivity index (χ4n) is 1.46. The van der Waals surface area contributed by atoms with E-state index in [-0.39, 0.29) is 5.56 Å². The molecule has 0 bridgehead atoms. The molecule has 1 nitrogen and oxygen atoms in total. The van der Waals surface area contributed by atoms with Crippen molar-refractivity contribution in [3.63, 3.8) is 0 Å². The van der Waals surface area contributed by atoms with Crippen molar-refractivity contribution >= 4 is 0 Å². The molecular weight excluding hydrogens is 215 g/mol. The van der Waals surface area contributed by atoms with Crippen LogP contribution in [0.15, 0.2) is 24.3 Å². The first-order chi connectivity index (χ1) is 7.36. The topological polar surface area (TPSA) is 26.0 Å². The van der Waals surface area contributed by atoms with Gasteiger partial charge < -0.3 is 5.73 Å². The fourth-order valence-corrected chi connectivity index (χ4v) is 1.46. The Morgan fingerprint density at radius 3 is 1.94 bits per heavy atom. The van der Waals surface area contributed by atoms with Gasteiger partial charge in [-0.3, -0.25) is 0 Å². The van der Waals surface area contributed by atoms with E-state index in [1.807, 2.05) is 13.8 Å². The number of hydrogen-bond donors (Lipinski definition) is 1. The predicted octanol–water partition coefficient (Wildman–Crippen LogP) is 3.76. The summed E-state index contributed by atoms with van der Waals surface area (Å²) in [5.41, 5.74) is 6.26. The van der Waals surface area contributed by atoms with Gasteiger partial charge in [-0.2, -0.15) is 13.2 Å². The SMILES string of the molecule is CCC(C)c1ccc(C(N)C(F)(F)F)cc1. The molecular formula is C12H16F3N. The van der Waals surface area contributed by atoms with Crippen LogP contribution in [0.2, 0.25) is 0 Å². The highest BCUT2D eigenvalue weighted by atomic mass is 19.4. The van der Waals surface area contributed by atoms with Crippen molar-refractivity contribution in [1.29, 1.82) is 0 Å². The predicted molar refractivity (Wildman–Crippen MR) is 58.1 cm³/mol. The molecule has 1 aromatic carbocycles. The molecule has 0 saturated heterocycles. The van der Waals surface area contributed by atoms with Crippen LogP contribution in [0.1, 0.15) is 43.4 Å². The maximum Gasteiger partial charge on any atom is 0.407 e. The lowest BCUT2D eigenvalue weighted by Crippen LogP contribution is -2.28. The maximum atomic E-state index is 12.3. The van der Waals surface area contributed by atoms with Gasteiger partial charge in [-0.1, -0.05) is 38.1 Å². The summed E-state index contributed by atoms with van der Waals surface area (Å²) in [6.45, 7) is 4.08. The molecule has 0 heterocycles. The number of hydrogen-bond acceptors (Lipinski definition) is 1. The van der Waals surface area contributed by atoms with Crippen LogP contribution >= 0.6 is 0 Å². The Kier molecular flexibility index (Phi) is 3.97. The zero-order chi connectivity index (χ0) is 12.3. The standard InChI is InChI=1S/C12H16F3N/c1-3-8(2)9-4-6-10(7-5-9)11(16)12(13,14)15/h4-8,11H,3,16H2,1-2H3. The van der Waals surface area contributed by atoms with Crippen molar-refractivity contribution in [2.45, 2.75) is 38.4 Å². The van der Waals surface area contributed by atoms with Gasteiger partial charge in [0.25, 0.3) is 0 Å². The molecule has 0 amide bonds. The molecule has 0 aliphatic rings. The van der Waals surface area contributed by atoms with E-state index in [0.29, 0.717) is 5.92 Å². The van der Waals surface area contributed by atoms with E-state index in [1.165, 1.54) is 12.1 Å². The Morgan fingerprint density at radius 1 is 1.12 bits per heavy atom. The molecule has 0 spiro atoms. The van der Waals surface area contributed by atoms with E-state index < -0.39 is 12.2 Å². The van der Waals surface area contributed by atoms with Crippen LogP contribution in [0.4, 0.5) is 13.2 Å². The van der Waals surface area contributed by atoms with Gasteiger partial charge in [-0.05, 0) is 23.5 Å². The second-order valence-corrected chi connectivity index (χ2v) is 4.00. The molecule has 0 fully saturated rings. The Morgan fingerprint density at radius 2 is 1.56 bits per heavy atom. The summed E-state index contributed by atoms with van der Waals surface area (Å²) in [5, 5.41) is 0. The number of nitrogens with two attached hydrogens (primary N) is 1. The zero-order valence-electron chi connectivity index (χ0n) is 9.38. The van der Waals surface area contributed by atoms with Crippen LogP contribution in [-0.4, -0.2) is 6.18 Å². The third kappa shape index (κ3) is 2.98. The van der Waals surface area contributed by atoms with E-state index in [9.17, 15) is 13.2 Å². The molecule has 0 radical (unpaired) electrons. The van der Waals surface area contributed by atoms with Gasteiger partial charge in [-0.25, -0.2) is 0 Å². The smallest absolute Gasteiger partial charge is 0.316 e. The molecule has 2 unspecified atom stereocenters. The first-order valence-corrected chi connectivity index (χ1v) is 5.28. The number of halogens is 3. The number of rotatable bonds is 3. The lowest BCUT2D eigenvalue weighted by molar-refractivity contribution is -0.149. The summed E-state index contributed by atoms with van der Waals surface area (Å²) in [5.74, 6) is 0.358. The summed E-state index contributed by atoms with van der Waals surface area (Å²) in [4.78, 5) is 0. The maximum absolute atomic E-state index is 12.3. The molecule has 0 saturated carbocycles. The summed E-state index contributed by atoms with van der Waals surface area (Å²) >= 11 is 0. The molecule has 1 rings (SSSR count). The molecule has 0 aromatic heterocycles. The van der Waals surface area contributed by atoms with Gasteiger partial charge in [0.2, 0.25) is 0 Å². The minimum atomic E-state index is -4.38.